The third-order valence-corrected chi connectivity index (χ3v) is 7.34. The van der Waals surface area contributed by atoms with Crippen LogP contribution in [-0.2, 0) is 36.6 Å². The maximum absolute atomic E-state index is 12.7. The van der Waals surface area contributed by atoms with Gasteiger partial charge in [-0.2, -0.15) is 8.42 Å². The summed E-state index contributed by atoms with van der Waals surface area (Å²) in [7, 11) is -2.64. The molecule has 1 unspecified atom stereocenters. The number of likely N-dealkylation sites (N-methyl/N-ethyl adjacent to an activating group) is 1. The summed E-state index contributed by atoms with van der Waals surface area (Å²) < 4.78 is 46.6. The summed E-state index contributed by atoms with van der Waals surface area (Å²) in [5, 5.41) is 44.2. The second-order valence-electron chi connectivity index (χ2n) is 10.9. The molecule has 1 fully saturated rings. The number of ether oxygens (including phenoxy) is 3. The first kappa shape index (κ1) is 34.0. The van der Waals surface area contributed by atoms with E-state index in [9.17, 15) is 38.4 Å². The third-order valence-electron chi connectivity index (χ3n) is 6.21. The van der Waals surface area contributed by atoms with E-state index in [-0.39, 0.29) is 17.9 Å². The van der Waals surface area contributed by atoms with Gasteiger partial charge in [-0.3, -0.25) is 4.79 Å². The van der Waals surface area contributed by atoms with Crippen LogP contribution in [0.4, 0.5) is 4.79 Å². The number of alkyl carbamates (subject to hydrolysis) is 1. The summed E-state index contributed by atoms with van der Waals surface area (Å²) in [6.45, 7) is 4.50. The van der Waals surface area contributed by atoms with Crippen molar-refractivity contribution in [3.05, 3.63) is 59.7 Å². The van der Waals surface area contributed by atoms with E-state index in [1.165, 1.54) is 43.4 Å². The van der Waals surface area contributed by atoms with Gasteiger partial charge in [0.05, 0.1) is 6.61 Å². The molecule has 0 aromatic heterocycles. The van der Waals surface area contributed by atoms with E-state index >= 15 is 0 Å². The maximum atomic E-state index is 12.7. The van der Waals surface area contributed by atoms with Gasteiger partial charge < -0.3 is 49.5 Å². The number of nitrogens with one attached hydrogen (secondary N) is 2. The molecule has 3 rings (SSSR count). The molecule has 43 heavy (non-hydrogen) atoms. The number of carbonyl (C=O) groups excluding carboxylic acids is 2. The van der Waals surface area contributed by atoms with Crippen LogP contribution >= 0.6 is 0 Å². The van der Waals surface area contributed by atoms with Crippen LogP contribution in [0.5, 0.6) is 11.5 Å². The minimum atomic E-state index is -4.08. The fraction of sp³-hybridized carbons (Fsp3) is 0.500. The molecular formula is C28H38N2O12S. The van der Waals surface area contributed by atoms with E-state index in [0.717, 1.165) is 0 Å². The second-order valence-corrected chi connectivity index (χ2v) is 12.5. The molecule has 1 heterocycles. The summed E-state index contributed by atoms with van der Waals surface area (Å²) in [5.41, 5.74) is 0.245. The highest BCUT2D eigenvalue weighted by Crippen LogP contribution is 2.25. The molecule has 0 spiro atoms. The molecule has 0 bridgehead atoms. The smallest absolute Gasteiger partial charge is 0.408 e. The number of hydrogen-bond donors (Lipinski definition) is 6. The highest BCUT2D eigenvalue weighted by atomic mass is 32.2. The second kappa shape index (κ2) is 14.3. The molecule has 6 atom stereocenters. The SMILES string of the molecule is CNC(=O)[C@H](Cc1ccc(OS(=O)(=O)Cc2ccc(OC3O[C@H](CO)[C@H](O)[C@H](O)[C@H]3O)cc2)cc1)NC(=O)OC(C)(C)C. The average Bonchev–Trinajstić information content (AvgIpc) is 2.93. The molecule has 0 aliphatic carbocycles. The van der Waals surface area contributed by atoms with E-state index in [1.807, 2.05) is 0 Å². The summed E-state index contributed by atoms with van der Waals surface area (Å²) in [4.78, 5) is 24.5. The van der Waals surface area contributed by atoms with Gasteiger partial charge in [-0.05, 0) is 56.2 Å². The molecule has 2 aromatic rings. The lowest BCUT2D eigenvalue weighted by Gasteiger charge is -2.39. The van der Waals surface area contributed by atoms with Gasteiger partial charge in [-0.15, -0.1) is 0 Å². The summed E-state index contributed by atoms with van der Waals surface area (Å²) in [5.74, 6) is -0.687. The molecular weight excluding hydrogens is 588 g/mol. The highest BCUT2D eigenvalue weighted by Gasteiger charge is 2.44. The van der Waals surface area contributed by atoms with E-state index in [1.54, 1.807) is 32.9 Å². The van der Waals surface area contributed by atoms with Crippen LogP contribution < -0.4 is 19.6 Å². The Morgan fingerprint density at radius 1 is 0.930 bits per heavy atom. The van der Waals surface area contributed by atoms with Crippen LogP contribution in [0.25, 0.3) is 0 Å². The van der Waals surface area contributed by atoms with Crippen molar-refractivity contribution in [2.24, 2.45) is 0 Å². The molecule has 2 aromatic carbocycles. The van der Waals surface area contributed by atoms with Crippen LogP contribution in [0.15, 0.2) is 48.5 Å². The van der Waals surface area contributed by atoms with Gasteiger partial charge in [0, 0.05) is 13.5 Å². The molecule has 15 heteroatoms. The number of hydrogen-bond acceptors (Lipinski definition) is 12. The summed E-state index contributed by atoms with van der Waals surface area (Å²) in [6.07, 6.45) is -7.86. The van der Waals surface area contributed by atoms with Gasteiger partial charge >= 0.3 is 16.2 Å². The van der Waals surface area contributed by atoms with E-state index in [4.69, 9.17) is 18.4 Å². The third kappa shape index (κ3) is 10.0. The minimum absolute atomic E-state index is 0.0444. The highest BCUT2D eigenvalue weighted by molar-refractivity contribution is 7.86. The predicted molar refractivity (Wildman–Crippen MR) is 151 cm³/mol. The van der Waals surface area contributed by atoms with Crippen molar-refractivity contribution in [1.82, 2.24) is 10.6 Å². The Hall–Kier alpha value is -3.47. The first-order valence-corrected chi connectivity index (χ1v) is 15.0. The normalized spacial score (nSPS) is 23.1. The lowest BCUT2D eigenvalue weighted by Crippen LogP contribution is -2.60. The maximum Gasteiger partial charge on any atom is 0.408 e. The van der Waals surface area contributed by atoms with E-state index < -0.39 is 76.8 Å². The van der Waals surface area contributed by atoms with Crippen molar-refractivity contribution in [3.63, 3.8) is 0 Å². The zero-order valence-corrected chi connectivity index (χ0v) is 25.0. The Morgan fingerprint density at radius 3 is 2.07 bits per heavy atom. The van der Waals surface area contributed by atoms with Gasteiger partial charge in [0.25, 0.3) is 0 Å². The fourth-order valence-corrected chi connectivity index (χ4v) is 5.16. The molecule has 6 N–H and O–H groups in total. The van der Waals surface area contributed by atoms with Crippen molar-refractivity contribution in [2.45, 2.75) is 75.3 Å². The Labute approximate surface area is 249 Å². The first-order valence-electron chi connectivity index (χ1n) is 13.4. The van der Waals surface area contributed by atoms with E-state index in [0.29, 0.717) is 11.1 Å². The molecule has 238 valence electrons. The summed E-state index contributed by atoms with van der Waals surface area (Å²) in [6, 6.07) is 10.8. The number of amides is 2. The lowest BCUT2D eigenvalue weighted by molar-refractivity contribution is -0.277. The molecule has 0 radical (unpaired) electrons. The van der Waals surface area contributed by atoms with E-state index in [2.05, 4.69) is 10.6 Å². The van der Waals surface area contributed by atoms with Gasteiger partial charge in [-0.25, -0.2) is 4.79 Å². The first-order chi connectivity index (χ1) is 20.1. The van der Waals surface area contributed by atoms with Crippen LogP contribution in [0.1, 0.15) is 31.9 Å². The standard InChI is InChI=1S/C28H38N2O12S/c1-28(2,3)41-27(36)30-20(25(35)29-4)13-16-5-11-19(12-6-16)42-43(37,38)15-17-7-9-18(10-8-17)39-26-24(34)23(33)22(32)21(14-31)40-26/h5-12,20-24,26,31-34H,13-15H2,1-4H3,(H,29,35)(H,30,36)/t20-,21+,22-,23-,24+,26?/m0/s1. The molecule has 14 nitrogen and oxygen atoms in total. The Morgan fingerprint density at radius 2 is 1.51 bits per heavy atom. The Balaban J connectivity index is 1.58. The number of aliphatic hydroxyl groups excluding tert-OH is 4. The summed E-state index contributed by atoms with van der Waals surface area (Å²) >= 11 is 0. The van der Waals surface area contributed by atoms with Crippen molar-refractivity contribution < 1.29 is 56.8 Å². The van der Waals surface area contributed by atoms with Crippen LogP contribution in [0.2, 0.25) is 0 Å². The van der Waals surface area contributed by atoms with Crippen LogP contribution in [0.3, 0.4) is 0 Å². The molecule has 2 amide bonds. The predicted octanol–water partition coefficient (Wildman–Crippen LogP) is -0.0441. The van der Waals surface area contributed by atoms with Crippen molar-refractivity contribution in [1.29, 1.82) is 0 Å². The number of aliphatic hydroxyl groups is 4. The quantitative estimate of drug-likeness (QED) is 0.182. The fourth-order valence-electron chi connectivity index (χ4n) is 4.09. The Kier molecular flexibility index (Phi) is 11.3. The zero-order chi connectivity index (χ0) is 31.9. The largest absolute Gasteiger partial charge is 0.462 e. The lowest BCUT2D eigenvalue weighted by atomic mass is 9.99. The van der Waals surface area contributed by atoms with Crippen molar-refractivity contribution >= 4 is 22.1 Å². The topological polar surface area (TPSA) is 210 Å². The van der Waals surface area contributed by atoms with Crippen molar-refractivity contribution in [2.75, 3.05) is 13.7 Å². The van der Waals surface area contributed by atoms with Crippen LogP contribution in [-0.4, -0.2) is 96.8 Å². The van der Waals surface area contributed by atoms with Gasteiger partial charge in [0.2, 0.25) is 12.2 Å². The van der Waals surface area contributed by atoms with Gasteiger partial charge in [0.15, 0.2) is 0 Å². The number of benzene rings is 2. The number of carbonyl (C=O) groups is 2. The van der Waals surface area contributed by atoms with Gasteiger partial charge in [0.1, 0.15) is 53.3 Å². The molecule has 0 saturated carbocycles. The number of rotatable bonds is 11. The van der Waals surface area contributed by atoms with Crippen molar-refractivity contribution in [3.8, 4) is 11.5 Å². The van der Waals surface area contributed by atoms with Crippen LogP contribution in [0, 0.1) is 0 Å². The monoisotopic (exact) mass is 626 g/mol. The molecule has 1 aliphatic heterocycles. The zero-order valence-electron chi connectivity index (χ0n) is 24.2. The minimum Gasteiger partial charge on any atom is -0.462 e. The van der Waals surface area contributed by atoms with Gasteiger partial charge in [-0.1, -0.05) is 24.3 Å². The average molecular weight is 627 g/mol. The molecule has 1 saturated heterocycles. The molecule has 1 aliphatic rings. The Bertz CT molecular complexity index is 1330.